The Kier molecular flexibility index (Phi) is 7.17. The highest BCUT2D eigenvalue weighted by atomic mass is 16.6. The Morgan fingerprint density at radius 3 is 2.56 bits per heavy atom. The van der Waals surface area contributed by atoms with Crippen molar-refractivity contribution < 1.29 is 34.0 Å². The lowest BCUT2D eigenvalue weighted by Crippen LogP contribution is -2.43. The van der Waals surface area contributed by atoms with Crippen molar-refractivity contribution in [1.29, 1.82) is 0 Å². The van der Waals surface area contributed by atoms with E-state index in [1.165, 1.54) is 0 Å². The van der Waals surface area contributed by atoms with Gasteiger partial charge in [0.15, 0.2) is 0 Å². The number of esters is 1. The molecule has 1 saturated carbocycles. The molecule has 1 aromatic rings. The summed E-state index contributed by atoms with van der Waals surface area (Å²) in [5.74, 6) is -0.553. The Hall–Kier alpha value is -2.16. The van der Waals surface area contributed by atoms with Crippen molar-refractivity contribution in [2.45, 2.75) is 44.3 Å². The van der Waals surface area contributed by atoms with Crippen LogP contribution in [0.1, 0.15) is 18.9 Å². The van der Waals surface area contributed by atoms with Crippen LogP contribution in [0.4, 0.5) is 4.79 Å². The zero-order valence-corrected chi connectivity index (χ0v) is 14.0. The van der Waals surface area contributed by atoms with Gasteiger partial charge in [-0.1, -0.05) is 30.3 Å². The minimum absolute atomic E-state index is 0.0980. The molecular weight excluding hydrogens is 330 g/mol. The second kappa shape index (κ2) is 9.36. The third kappa shape index (κ3) is 5.70. The van der Waals surface area contributed by atoms with Crippen molar-refractivity contribution in [2.24, 2.45) is 0 Å². The van der Waals surface area contributed by atoms with E-state index in [-0.39, 0.29) is 26.2 Å². The van der Waals surface area contributed by atoms with Crippen LogP contribution in [-0.2, 0) is 25.6 Å². The Bertz CT molecular complexity index is 565. The molecule has 1 amide bonds. The first-order valence-corrected chi connectivity index (χ1v) is 8.11. The van der Waals surface area contributed by atoms with Gasteiger partial charge < -0.3 is 29.7 Å². The van der Waals surface area contributed by atoms with Gasteiger partial charge in [0.25, 0.3) is 0 Å². The van der Waals surface area contributed by atoms with Crippen LogP contribution < -0.4 is 5.32 Å². The van der Waals surface area contributed by atoms with Gasteiger partial charge >= 0.3 is 12.1 Å². The molecule has 4 atom stereocenters. The van der Waals surface area contributed by atoms with E-state index in [0.29, 0.717) is 0 Å². The molecule has 1 fully saturated rings. The number of amides is 1. The summed E-state index contributed by atoms with van der Waals surface area (Å²) in [6.07, 6.45) is -3.75. The SMILES string of the molecule is CCOC(=O)CO[C@H]1C[C@@H](NC(=O)OCc2ccccc2)[C@H](O)[C@@H]1O. The summed E-state index contributed by atoms with van der Waals surface area (Å²) >= 11 is 0. The van der Waals surface area contributed by atoms with Crippen LogP contribution in [0.5, 0.6) is 0 Å². The van der Waals surface area contributed by atoms with Crippen LogP contribution >= 0.6 is 0 Å². The Morgan fingerprint density at radius 1 is 1.16 bits per heavy atom. The maximum atomic E-state index is 11.8. The smallest absolute Gasteiger partial charge is 0.407 e. The molecule has 138 valence electrons. The predicted octanol–water partition coefficient (Wildman–Crippen LogP) is 0.355. The molecule has 0 aromatic heterocycles. The van der Waals surface area contributed by atoms with Crippen molar-refractivity contribution in [3.8, 4) is 0 Å². The minimum atomic E-state index is -1.21. The summed E-state index contributed by atoms with van der Waals surface area (Å²) in [5, 5.41) is 22.5. The van der Waals surface area contributed by atoms with Crippen LogP contribution in [0.3, 0.4) is 0 Å². The fourth-order valence-corrected chi connectivity index (χ4v) is 2.59. The van der Waals surface area contributed by atoms with E-state index in [4.69, 9.17) is 14.2 Å². The van der Waals surface area contributed by atoms with Crippen molar-refractivity contribution >= 4 is 12.1 Å². The van der Waals surface area contributed by atoms with Gasteiger partial charge in [0, 0.05) is 0 Å². The number of aliphatic hydroxyl groups excluding tert-OH is 2. The molecule has 3 N–H and O–H groups in total. The summed E-state index contributed by atoms with van der Waals surface area (Å²) in [5.41, 5.74) is 0.834. The van der Waals surface area contributed by atoms with Crippen LogP contribution in [0, 0.1) is 0 Å². The van der Waals surface area contributed by atoms with E-state index in [1.54, 1.807) is 6.92 Å². The number of benzene rings is 1. The van der Waals surface area contributed by atoms with E-state index < -0.39 is 36.4 Å². The highest BCUT2D eigenvalue weighted by molar-refractivity contribution is 5.70. The first-order chi connectivity index (χ1) is 12.0. The number of ether oxygens (including phenoxy) is 3. The number of hydrogen-bond donors (Lipinski definition) is 3. The quantitative estimate of drug-likeness (QED) is 0.606. The number of carbonyl (C=O) groups is 2. The summed E-state index contributed by atoms with van der Waals surface area (Å²) < 4.78 is 15.1. The van der Waals surface area contributed by atoms with Crippen LogP contribution in [0.25, 0.3) is 0 Å². The molecule has 8 heteroatoms. The van der Waals surface area contributed by atoms with Gasteiger partial charge in [-0.3, -0.25) is 0 Å². The lowest BCUT2D eigenvalue weighted by Gasteiger charge is -2.17. The average molecular weight is 353 g/mol. The topological polar surface area (TPSA) is 114 Å². The van der Waals surface area contributed by atoms with E-state index in [2.05, 4.69) is 5.32 Å². The fraction of sp³-hybridized carbons (Fsp3) is 0.529. The Balaban J connectivity index is 1.77. The highest BCUT2D eigenvalue weighted by Crippen LogP contribution is 2.24. The Morgan fingerprint density at radius 2 is 1.88 bits per heavy atom. The molecule has 0 heterocycles. The van der Waals surface area contributed by atoms with Gasteiger partial charge in [0.05, 0.1) is 18.8 Å². The van der Waals surface area contributed by atoms with Crippen LogP contribution in [0.15, 0.2) is 30.3 Å². The lowest BCUT2D eigenvalue weighted by molar-refractivity contribution is -0.153. The first kappa shape index (κ1) is 19.2. The normalized spacial score (nSPS) is 25.4. The maximum absolute atomic E-state index is 11.8. The average Bonchev–Trinajstić information content (AvgIpc) is 2.87. The summed E-state index contributed by atoms with van der Waals surface area (Å²) in [7, 11) is 0. The molecule has 2 rings (SSSR count). The Labute approximate surface area is 145 Å². The summed E-state index contributed by atoms with van der Waals surface area (Å²) in [6, 6.07) is 8.43. The molecule has 8 nitrogen and oxygen atoms in total. The van der Waals surface area contributed by atoms with Gasteiger partial charge in [-0.25, -0.2) is 9.59 Å². The maximum Gasteiger partial charge on any atom is 0.407 e. The standard InChI is InChI=1S/C17H23NO7/c1-2-23-14(19)10-24-13-8-12(15(20)16(13)21)18-17(22)25-9-11-6-4-3-5-7-11/h3-7,12-13,15-16,20-21H,2,8-10H2,1H3,(H,18,22)/t12-,13+,15+,16-/m1/s1. The van der Waals surface area contributed by atoms with Crippen LogP contribution in [0.2, 0.25) is 0 Å². The number of carbonyl (C=O) groups excluding carboxylic acids is 2. The first-order valence-electron chi connectivity index (χ1n) is 8.11. The molecule has 0 saturated heterocycles. The van der Waals surface area contributed by atoms with Crippen molar-refractivity contribution in [3.63, 3.8) is 0 Å². The third-order valence-electron chi connectivity index (χ3n) is 3.87. The van der Waals surface area contributed by atoms with Gasteiger partial charge in [0.2, 0.25) is 0 Å². The number of nitrogens with one attached hydrogen (secondary N) is 1. The largest absolute Gasteiger partial charge is 0.464 e. The van der Waals surface area contributed by atoms with Crippen molar-refractivity contribution in [2.75, 3.05) is 13.2 Å². The van der Waals surface area contributed by atoms with Crippen molar-refractivity contribution in [1.82, 2.24) is 5.32 Å². The van der Waals surface area contributed by atoms with Gasteiger partial charge in [0.1, 0.15) is 25.4 Å². The number of hydrogen-bond acceptors (Lipinski definition) is 7. The number of aliphatic hydroxyl groups is 2. The molecule has 0 bridgehead atoms. The summed E-state index contributed by atoms with van der Waals surface area (Å²) in [6.45, 7) is 1.68. The molecule has 1 aliphatic carbocycles. The minimum Gasteiger partial charge on any atom is -0.464 e. The summed E-state index contributed by atoms with van der Waals surface area (Å²) in [4.78, 5) is 23.1. The fourth-order valence-electron chi connectivity index (χ4n) is 2.59. The van der Waals surface area contributed by atoms with E-state index in [9.17, 15) is 19.8 Å². The highest BCUT2D eigenvalue weighted by Gasteiger charge is 2.43. The molecule has 0 unspecified atom stereocenters. The second-order valence-corrected chi connectivity index (χ2v) is 5.68. The molecule has 25 heavy (non-hydrogen) atoms. The van der Waals surface area contributed by atoms with Gasteiger partial charge in [-0.15, -0.1) is 0 Å². The molecule has 0 aliphatic heterocycles. The molecule has 1 aromatic carbocycles. The van der Waals surface area contributed by atoms with E-state index in [1.807, 2.05) is 30.3 Å². The lowest BCUT2D eigenvalue weighted by atomic mass is 10.2. The van der Waals surface area contributed by atoms with Gasteiger partial charge in [-0.05, 0) is 18.9 Å². The number of alkyl carbamates (subject to hydrolysis) is 1. The zero-order chi connectivity index (χ0) is 18.2. The molecule has 0 radical (unpaired) electrons. The van der Waals surface area contributed by atoms with Gasteiger partial charge in [-0.2, -0.15) is 0 Å². The zero-order valence-electron chi connectivity index (χ0n) is 14.0. The number of rotatable bonds is 7. The second-order valence-electron chi connectivity index (χ2n) is 5.68. The third-order valence-corrected chi connectivity index (χ3v) is 3.87. The molecule has 1 aliphatic rings. The van der Waals surface area contributed by atoms with Crippen molar-refractivity contribution in [3.05, 3.63) is 35.9 Å². The molecular formula is C17H23NO7. The van der Waals surface area contributed by atoms with E-state index >= 15 is 0 Å². The van der Waals surface area contributed by atoms with Crippen LogP contribution in [-0.4, -0.2) is 59.8 Å². The predicted molar refractivity (Wildman–Crippen MR) is 86.6 cm³/mol. The van der Waals surface area contributed by atoms with E-state index in [0.717, 1.165) is 5.56 Å². The monoisotopic (exact) mass is 353 g/mol. The molecule has 0 spiro atoms.